The number of imidazole rings is 1. The van der Waals surface area contributed by atoms with Crippen molar-refractivity contribution < 1.29 is 9.90 Å². The molecule has 80 valence electrons. The van der Waals surface area contributed by atoms with Crippen molar-refractivity contribution in [2.45, 2.75) is 20.3 Å². The van der Waals surface area contributed by atoms with Crippen molar-refractivity contribution in [1.82, 2.24) is 19.6 Å². The van der Waals surface area contributed by atoms with Crippen molar-refractivity contribution >= 4 is 11.7 Å². The van der Waals surface area contributed by atoms with Gasteiger partial charge in [0.15, 0.2) is 5.69 Å². The number of aromatic nitrogens is 4. The number of carboxylic acid groups (broad SMARTS) is 1. The summed E-state index contributed by atoms with van der Waals surface area (Å²) in [4.78, 5) is 18.9. The number of aromatic carboxylic acids is 1. The van der Waals surface area contributed by atoms with Gasteiger partial charge in [0.2, 0.25) is 0 Å². The Balaban J connectivity index is 2.43. The van der Waals surface area contributed by atoms with Gasteiger partial charge in [-0.05, 0) is 5.92 Å². The maximum Gasteiger partial charge on any atom is 0.356 e. The summed E-state index contributed by atoms with van der Waals surface area (Å²) >= 11 is 0. The van der Waals surface area contributed by atoms with Gasteiger partial charge in [0, 0.05) is 6.42 Å². The average Bonchev–Trinajstić information content (AvgIpc) is 2.60. The lowest BCUT2D eigenvalue weighted by molar-refractivity contribution is 0.0688. The van der Waals surface area contributed by atoms with Gasteiger partial charge in [-0.3, -0.25) is 5.10 Å². The molecule has 0 atom stereocenters. The molecule has 0 bridgehead atoms. The largest absolute Gasteiger partial charge is 0.476 e. The number of carbonyl (C=O) groups is 1. The van der Waals surface area contributed by atoms with E-state index in [1.54, 1.807) is 0 Å². The number of H-pyrrole nitrogens is 1. The van der Waals surface area contributed by atoms with Crippen LogP contribution in [0, 0.1) is 5.92 Å². The Bertz CT molecular complexity index is 497. The summed E-state index contributed by atoms with van der Waals surface area (Å²) in [5, 5.41) is 11.8. The van der Waals surface area contributed by atoms with Crippen LogP contribution in [0.1, 0.15) is 30.2 Å². The van der Waals surface area contributed by atoms with Crippen molar-refractivity contribution in [2.24, 2.45) is 5.92 Å². The lowest BCUT2D eigenvalue weighted by atomic mass is 10.1. The van der Waals surface area contributed by atoms with Crippen LogP contribution in [0.3, 0.4) is 0 Å². The van der Waals surface area contributed by atoms with E-state index in [1.165, 1.54) is 10.7 Å². The van der Waals surface area contributed by atoms with Gasteiger partial charge in [0.05, 0.1) is 6.20 Å². The highest BCUT2D eigenvalue weighted by Crippen LogP contribution is 2.07. The van der Waals surface area contributed by atoms with Crippen LogP contribution in [0.5, 0.6) is 0 Å². The van der Waals surface area contributed by atoms with E-state index in [2.05, 4.69) is 28.9 Å². The summed E-state index contributed by atoms with van der Waals surface area (Å²) in [6.45, 7) is 4.15. The molecular weight excluding hydrogens is 196 g/mol. The van der Waals surface area contributed by atoms with E-state index in [9.17, 15) is 4.79 Å². The fraction of sp³-hybridized carbons (Fsp3) is 0.444. The molecule has 2 heterocycles. The molecule has 0 aliphatic carbocycles. The molecule has 2 aromatic rings. The average molecular weight is 208 g/mol. The lowest BCUT2D eigenvalue weighted by Crippen LogP contribution is -2.03. The second-order valence-electron chi connectivity index (χ2n) is 3.85. The van der Waals surface area contributed by atoms with E-state index >= 15 is 0 Å². The first-order chi connectivity index (χ1) is 7.08. The molecule has 0 radical (unpaired) electrons. The van der Waals surface area contributed by atoms with Crippen molar-refractivity contribution in [3.8, 4) is 0 Å². The smallest absolute Gasteiger partial charge is 0.356 e. The van der Waals surface area contributed by atoms with E-state index in [4.69, 9.17) is 5.11 Å². The zero-order valence-electron chi connectivity index (χ0n) is 8.56. The summed E-state index contributed by atoms with van der Waals surface area (Å²) in [5.41, 5.74) is 0.104. The maximum absolute atomic E-state index is 10.8. The number of hydrogen-bond acceptors (Lipinski definition) is 3. The highest BCUT2D eigenvalue weighted by atomic mass is 16.4. The minimum Gasteiger partial charge on any atom is -0.476 e. The quantitative estimate of drug-likeness (QED) is 0.786. The van der Waals surface area contributed by atoms with Crippen LogP contribution < -0.4 is 0 Å². The SMILES string of the molecule is CC(C)Cc1nc2ncc(C(=O)O)n2[nH]1. The van der Waals surface area contributed by atoms with Gasteiger partial charge in [-0.1, -0.05) is 13.8 Å². The maximum atomic E-state index is 10.8. The van der Waals surface area contributed by atoms with Crippen LogP contribution >= 0.6 is 0 Å². The molecule has 6 heteroatoms. The minimum atomic E-state index is -1.01. The highest BCUT2D eigenvalue weighted by molar-refractivity contribution is 5.86. The van der Waals surface area contributed by atoms with E-state index in [0.29, 0.717) is 11.7 Å². The Kier molecular flexibility index (Phi) is 2.18. The molecule has 6 nitrogen and oxygen atoms in total. The fourth-order valence-electron chi connectivity index (χ4n) is 1.43. The van der Waals surface area contributed by atoms with Gasteiger partial charge in [0.1, 0.15) is 5.82 Å². The van der Waals surface area contributed by atoms with Crippen LogP contribution in [0.4, 0.5) is 0 Å². The van der Waals surface area contributed by atoms with Gasteiger partial charge in [-0.15, -0.1) is 0 Å². The molecule has 2 N–H and O–H groups in total. The highest BCUT2D eigenvalue weighted by Gasteiger charge is 2.14. The van der Waals surface area contributed by atoms with Gasteiger partial charge in [-0.25, -0.2) is 14.3 Å². The van der Waals surface area contributed by atoms with Crippen LogP contribution in [0.15, 0.2) is 6.20 Å². The molecular formula is C9H12N4O2. The molecule has 0 fully saturated rings. The van der Waals surface area contributed by atoms with Crippen molar-refractivity contribution in [1.29, 1.82) is 0 Å². The van der Waals surface area contributed by atoms with Crippen molar-refractivity contribution in [2.75, 3.05) is 0 Å². The number of rotatable bonds is 3. The summed E-state index contributed by atoms with van der Waals surface area (Å²) in [5.74, 6) is 0.620. The molecule has 2 rings (SSSR count). The zero-order chi connectivity index (χ0) is 11.0. The number of hydrogen-bond donors (Lipinski definition) is 2. The van der Waals surface area contributed by atoms with Crippen molar-refractivity contribution in [3.05, 3.63) is 17.7 Å². The first kappa shape index (κ1) is 9.70. The molecule has 0 amide bonds. The third-order valence-electron chi connectivity index (χ3n) is 2.04. The standard InChI is InChI=1S/C9H12N4O2/c1-5(2)3-7-11-9-10-4-6(8(14)15)13(9)12-7/h4-5H,3H2,1-2H3,(H,14,15)(H,10,11,12). The second-order valence-corrected chi connectivity index (χ2v) is 3.85. The predicted molar refractivity (Wildman–Crippen MR) is 52.8 cm³/mol. The number of fused-ring (bicyclic) bond motifs is 1. The number of nitrogens with one attached hydrogen (secondary N) is 1. The lowest BCUT2D eigenvalue weighted by Gasteiger charge is -1.98. The fourth-order valence-corrected chi connectivity index (χ4v) is 1.43. The topological polar surface area (TPSA) is 83.3 Å². The zero-order valence-corrected chi connectivity index (χ0v) is 8.56. The van der Waals surface area contributed by atoms with E-state index in [-0.39, 0.29) is 5.69 Å². The van der Waals surface area contributed by atoms with Crippen LogP contribution in [0.25, 0.3) is 5.78 Å². The molecule has 15 heavy (non-hydrogen) atoms. The number of aromatic amines is 1. The Morgan fingerprint density at radius 2 is 2.40 bits per heavy atom. The van der Waals surface area contributed by atoms with Crippen LogP contribution in [-0.2, 0) is 6.42 Å². The Hall–Kier alpha value is -1.85. The van der Waals surface area contributed by atoms with E-state index in [0.717, 1.165) is 12.2 Å². The van der Waals surface area contributed by atoms with Gasteiger partial charge in [0.25, 0.3) is 5.78 Å². The monoisotopic (exact) mass is 208 g/mol. The predicted octanol–water partition coefficient (Wildman–Crippen LogP) is 0.954. The summed E-state index contributed by atoms with van der Waals surface area (Å²) < 4.78 is 1.39. The molecule has 0 aliphatic heterocycles. The summed E-state index contributed by atoms with van der Waals surface area (Å²) in [6, 6.07) is 0. The minimum absolute atomic E-state index is 0.104. The van der Waals surface area contributed by atoms with Gasteiger partial charge >= 0.3 is 5.97 Å². The van der Waals surface area contributed by atoms with Gasteiger partial charge in [-0.2, -0.15) is 4.98 Å². The molecule has 0 aromatic carbocycles. The second kappa shape index (κ2) is 3.38. The molecule has 0 unspecified atom stereocenters. The van der Waals surface area contributed by atoms with E-state index in [1.807, 2.05) is 0 Å². The Morgan fingerprint density at radius 3 is 3.00 bits per heavy atom. The van der Waals surface area contributed by atoms with Crippen molar-refractivity contribution in [3.63, 3.8) is 0 Å². The van der Waals surface area contributed by atoms with Crippen LogP contribution in [-0.4, -0.2) is 30.7 Å². The third kappa shape index (κ3) is 1.70. The Labute approximate surface area is 85.9 Å². The molecule has 0 spiro atoms. The number of nitrogens with zero attached hydrogens (tertiary/aromatic N) is 3. The molecule has 0 saturated carbocycles. The molecule has 0 saturated heterocycles. The number of carboxylic acids is 1. The molecule has 2 aromatic heterocycles. The Morgan fingerprint density at radius 1 is 1.67 bits per heavy atom. The van der Waals surface area contributed by atoms with Crippen LogP contribution in [0.2, 0.25) is 0 Å². The normalized spacial score (nSPS) is 11.4. The summed E-state index contributed by atoms with van der Waals surface area (Å²) in [6.07, 6.45) is 2.07. The first-order valence-electron chi connectivity index (χ1n) is 4.73. The first-order valence-corrected chi connectivity index (χ1v) is 4.73. The van der Waals surface area contributed by atoms with E-state index < -0.39 is 5.97 Å². The molecule has 0 aliphatic rings. The third-order valence-corrected chi connectivity index (χ3v) is 2.04. The summed E-state index contributed by atoms with van der Waals surface area (Å²) in [7, 11) is 0. The van der Waals surface area contributed by atoms with Gasteiger partial charge < -0.3 is 5.11 Å².